The molecule has 1 rings (SSSR count). The second kappa shape index (κ2) is 5.51. The van der Waals surface area contributed by atoms with E-state index in [1.165, 1.54) is 12.8 Å². The van der Waals surface area contributed by atoms with Crippen LogP contribution in [0.5, 0.6) is 0 Å². The van der Waals surface area contributed by atoms with Crippen LogP contribution in [0.3, 0.4) is 0 Å². The molecule has 3 N–H and O–H groups in total. The zero-order valence-corrected chi connectivity index (χ0v) is 7.88. The van der Waals surface area contributed by atoms with Crippen LogP contribution in [0.2, 0.25) is 0 Å². The Bertz CT molecular complexity index is 107. The fourth-order valence-electron chi connectivity index (χ4n) is 1.50. The van der Waals surface area contributed by atoms with E-state index in [-0.39, 0.29) is 0 Å². The quantitative estimate of drug-likeness (QED) is 0.634. The average molecular weight is 172 g/mol. The van der Waals surface area contributed by atoms with Crippen molar-refractivity contribution in [2.45, 2.75) is 38.3 Å². The lowest BCUT2D eigenvalue weighted by molar-refractivity contribution is 0.107. The van der Waals surface area contributed by atoms with Gasteiger partial charge in [0.2, 0.25) is 0 Å². The zero-order valence-electron chi connectivity index (χ0n) is 7.88. The molecule has 1 saturated heterocycles. The summed E-state index contributed by atoms with van der Waals surface area (Å²) in [6.07, 6.45) is 3.95. The predicted octanol–water partition coefficient (Wildman–Crippen LogP) is 0.492. The Labute approximate surface area is 74.7 Å². The van der Waals surface area contributed by atoms with Crippen molar-refractivity contribution in [1.82, 2.24) is 5.32 Å². The van der Waals surface area contributed by atoms with Crippen molar-refractivity contribution >= 4 is 0 Å². The number of ether oxygens (including phenoxy) is 1. The van der Waals surface area contributed by atoms with Crippen molar-refractivity contribution in [2.24, 2.45) is 5.73 Å². The van der Waals surface area contributed by atoms with E-state index in [1.807, 2.05) is 0 Å². The minimum absolute atomic E-state index is 0.436. The number of nitrogens with one attached hydrogen (secondary N) is 1. The molecule has 0 aromatic rings. The standard InChI is InChI=1S/C9H20N2O/c1-2-8(6-10)11-7-9-4-3-5-12-9/h8-9,11H,2-7,10H2,1H3. The number of hydrogen-bond acceptors (Lipinski definition) is 3. The van der Waals surface area contributed by atoms with E-state index in [0.29, 0.717) is 12.1 Å². The summed E-state index contributed by atoms with van der Waals surface area (Å²) in [5.74, 6) is 0. The summed E-state index contributed by atoms with van der Waals surface area (Å²) in [7, 11) is 0. The smallest absolute Gasteiger partial charge is 0.0700 e. The maximum atomic E-state index is 5.56. The zero-order chi connectivity index (χ0) is 8.81. The van der Waals surface area contributed by atoms with E-state index in [0.717, 1.165) is 26.1 Å². The van der Waals surface area contributed by atoms with Crippen LogP contribution in [-0.2, 0) is 4.74 Å². The highest BCUT2D eigenvalue weighted by Crippen LogP contribution is 2.10. The van der Waals surface area contributed by atoms with Crippen LogP contribution in [0.4, 0.5) is 0 Å². The van der Waals surface area contributed by atoms with Gasteiger partial charge in [0, 0.05) is 25.7 Å². The number of hydrogen-bond donors (Lipinski definition) is 2. The fourth-order valence-corrected chi connectivity index (χ4v) is 1.50. The van der Waals surface area contributed by atoms with Crippen LogP contribution in [0.1, 0.15) is 26.2 Å². The summed E-state index contributed by atoms with van der Waals surface area (Å²) in [6, 6.07) is 0.467. The van der Waals surface area contributed by atoms with E-state index < -0.39 is 0 Å². The van der Waals surface area contributed by atoms with Gasteiger partial charge in [0.1, 0.15) is 0 Å². The molecule has 0 radical (unpaired) electrons. The van der Waals surface area contributed by atoms with Crippen molar-refractivity contribution in [1.29, 1.82) is 0 Å². The molecular weight excluding hydrogens is 152 g/mol. The molecule has 0 aliphatic carbocycles. The molecule has 72 valence electrons. The minimum atomic E-state index is 0.436. The Balaban J connectivity index is 2.06. The fraction of sp³-hybridized carbons (Fsp3) is 1.00. The van der Waals surface area contributed by atoms with Crippen LogP contribution in [0.15, 0.2) is 0 Å². The van der Waals surface area contributed by atoms with Gasteiger partial charge in [0.25, 0.3) is 0 Å². The van der Waals surface area contributed by atoms with Crippen LogP contribution in [0, 0.1) is 0 Å². The van der Waals surface area contributed by atoms with Gasteiger partial charge in [-0.2, -0.15) is 0 Å². The van der Waals surface area contributed by atoms with E-state index in [1.54, 1.807) is 0 Å². The lowest BCUT2D eigenvalue weighted by Crippen LogP contribution is -2.39. The first kappa shape index (κ1) is 9.96. The third kappa shape index (κ3) is 3.09. The summed E-state index contributed by atoms with van der Waals surface area (Å²) < 4.78 is 5.49. The predicted molar refractivity (Wildman–Crippen MR) is 50.1 cm³/mol. The summed E-state index contributed by atoms with van der Waals surface area (Å²) >= 11 is 0. The van der Waals surface area contributed by atoms with E-state index in [2.05, 4.69) is 12.2 Å². The van der Waals surface area contributed by atoms with Gasteiger partial charge in [-0.1, -0.05) is 6.92 Å². The second-order valence-corrected chi connectivity index (χ2v) is 3.38. The Morgan fingerprint density at radius 3 is 3.00 bits per heavy atom. The van der Waals surface area contributed by atoms with Crippen molar-refractivity contribution in [3.63, 3.8) is 0 Å². The summed E-state index contributed by atoms with van der Waals surface area (Å²) in [5.41, 5.74) is 5.56. The molecule has 1 aliphatic rings. The Morgan fingerprint density at radius 1 is 1.67 bits per heavy atom. The highest BCUT2D eigenvalue weighted by atomic mass is 16.5. The molecule has 1 heterocycles. The van der Waals surface area contributed by atoms with Crippen LogP contribution >= 0.6 is 0 Å². The highest BCUT2D eigenvalue weighted by molar-refractivity contribution is 4.72. The van der Waals surface area contributed by atoms with Gasteiger partial charge >= 0.3 is 0 Å². The molecule has 0 saturated carbocycles. The first-order valence-corrected chi connectivity index (χ1v) is 4.91. The molecule has 3 nitrogen and oxygen atoms in total. The summed E-state index contributed by atoms with van der Waals surface area (Å²) in [4.78, 5) is 0. The third-order valence-corrected chi connectivity index (χ3v) is 2.44. The second-order valence-electron chi connectivity index (χ2n) is 3.38. The molecule has 2 unspecified atom stereocenters. The van der Waals surface area contributed by atoms with Crippen LogP contribution < -0.4 is 11.1 Å². The van der Waals surface area contributed by atoms with Crippen molar-refractivity contribution in [2.75, 3.05) is 19.7 Å². The van der Waals surface area contributed by atoms with E-state index in [9.17, 15) is 0 Å². The van der Waals surface area contributed by atoms with Gasteiger partial charge in [-0.05, 0) is 19.3 Å². The maximum Gasteiger partial charge on any atom is 0.0700 e. The molecule has 0 bridgehead atoms. The first-order chi connectivity index (χ1) is 5.86. The Morgan fingerprint density at radius 2 is 2.50 bits per heavy atom. The molecule has 2 atom stereocenters. The molecule has 1 aliphatic heterocycles. The lowest BCUT2D eigenvalue weighted by atomic mass is 10.2. The summed E-state index contributed by atoms with van der Waals surface area (Å²) in [5, 5.41) is 3.41. The van der Waals surface area contributed by atoms with Gasteiger partial charge in [0.05, 0.1) is 6.10 Å². The monoisotopic (exact) mass is 172 g/mol. The average Bonchev–Trinajstić information content (AvgIpc) is 2.59. The molecule has 12 heavy (non-hydrogen) atoms. The highest BCUT2D eigenvalue weighted by Gasteiger charge is 2.15. The van der Waals surface area contributed by atoms with Crippen molar-refractivity contribution < 1.29 is 4.74 Å². The van der Waals surface area contributed by atoms with Crippen molar-refractivity contribution in [3.8, 4) is 0 Å². The number of nitrogens with two attached hydrogens (primary N) is 1. The maximum absolute atomic E-state index is 5.56. The molecule has 3 heteroatoms. The molecular formula is C9H20N2O. The molecule has 0 amide bonds. The molecule has 0 aromatic carbocycles. The van der Waals surface area contributed by atoms with E-state index >= 15 is 0 Å². The van der Waals surface area contributed by atoms with Crippen LogP contribution in [-0.4, -0.2) is 31.8 Å². The topological polar surface area (TPSA) is 47.3 Å². The lowest BCUT2D eigenvalue weighted by Gasteiger charge is -2.17. The largest absolute Gasteiger partial charge is 0.377 e. The molecule has 0 spiro atoms. The van der Waals surface area contributed by atoms with Gasteiger partial charge in [-0.25, -0.2) is 0 Å². The van der Waals surface area contributed by atoms with Crippen LogP contribution in [0.25, 0.3) is 0 Å². The van der Waals surface area contributed by atoms with Gasteiger partial charge in [-0.15, -0.1) is 0 Å². The first-order valence-electron chi connectivity index (χ1n) is 4.91. The SMILES string of the molecule is CCC(CN)NCC1CCCO1. The van der Waals surface area contributed by atoms with Gasteiger partial charge in [-0.3, -0.25) is 0 Å². The third-order valence-electron chi connectivity index (χ3n) is 2.44. The summed E-state index contributed by atoms with van der Waals surface area (Å²) in [6.45, 7) is 4.78. The van der Waals surface area contributed by atoms with Crippen molar-refractivity contribution in [3.05, 3.63) is 0 Å². The van der Waals surface area contributed by atoms with Gasteiger partial charge < -0.3 is 15.8 Å². The molecule has 0 aromatic heterocycles. The normalized spacial score (nSPS) is 26.0. The van der Waals surface area contributed by atoms with E-state index in [4.69, 9.17) is 10.5 Å². The number of rotatable bonds is 5. The Hall–Kier alpha value is -0.120. The van der Waals surface area contributed by atoms with Gasteiger partial charge in [0.15, 0.2) is 0 Å². The molecule has 1 fully saturated rings. The Kier molecular flexibility index (Phi) is 4.58. The minimum Gasteiger partial charge on any atom is -0.377 e.